The Labute approximate surface area is 177 Å². The van der Waals surface area contributed by atoms with Gasteiger partial charge in [0, 0.05) is 28.5 Å². The van der Waals surface area contributed by atoms with Gasteiger partial charge in [0.2, 0.25) is 5.91 Å². The Kier molecular flexibility index (Phi) is 4.48. The Hall–Kier alpha value is -3.64. The van der Waals surface area contributed by atoms with Crippen LogP contribution in [0.15, 0.2) is 71.4 Å². The van der Waals surface area contributed by atoms with Gasteiger partial charge in [-0.15, -0.1) is 0 Å². The number of halogens is 1. The molecule has 6 nitrogen and oxygen atoms in total. The van der Waals surface area contributed by atoms with E-state index >= 15 is 0 Å². The molecule has 0 aliphatic rings. The standard InChI is InChI=1S/C23H17ClN4O2/c1-14-25-21-18-7-2-3-8-19(18)30-22(21)23(26-14)28-10-9-15(13-28)11-20(29)27-17-6-4-5-16(24)12-17/h2-10,12-13H,11H2,1H3,(H,27,29). The topological polar surface area (TPSA) is 73.0 Å². The summed E-state index contributed by atoms with van der Waals surface area (Å²) in [6, 6.07) is 16.8. The second-order valence-corrected chi connectivity index (χ2v) is 7.47. The minimum atomic E-state index is -0.122. The molecule has 3 aromatic heterocycles. The lowest BCUT2D eigenvalue weighted by Gasteiger charge is -2.05. The third kappa shape index (κ3) is 3.42. The number of benzene rings is 2. The number of rotatable bonds is 4. The molecular weight excluding hydrogens is 400 g/mol. The number of para-hydroxylation sites is 1. The number of nitrogens with one attached hydrogen (secondary N) is 1. The van der Waals surface area contributed by atoms with Crippen molar-refractivity contribution in [2.24, 2.45) is 0 Å². The first kappa shape index (κ1) is 18.4. The molecule has 3 heterocycles. The summed E-state index contributed by atoms with van der Waals surface area (Å²) < 4.78 is 7.90. The molecule has 2 aromatic carbocycles. The predicted molar refractivity (Wildman–Crippen MR) is 117 cm³/mol. The maximum Gasteiger partial charge on any atom is 0.228 e. The van der Waals surface area contributed by atoms with Gasteiger partial charge >= 0.3 is 0 Å². The molecule has 0 aliphatic heterocycles. The van der Waals surface area contributed by atoms with Gasteiger partial charge in [-0.1, -0.05) is 29.8 Å². The molecule has 1 amide bonds. The van der Waals surface area contributed by atoms with Crippen LogP contribution < -0.4 is 5.32 Å². The van der Waals surface area contributed by atoms with Crippen LogP contribution in [0.5, 0.6) is 0 Å². The van der Waals surface area contributed by atoms with Crippen LogP contribution in [0.4, 0.5) is 5.69 Å². The molecule has 148 valence electrons. The number of carbonyl (C=O) groups excluding carboxylic acids is 1. The largest absolute Gasteiger partial charge is 0.450 e. The predicted octanol–water partition coefficient (Wildman–Crippen LogP) is 5.31. The van der Waals surface area contributed by atoms with E-state index in [-0.39, 0.29) is 12.3 Å². The molecule has 0 unspecified atom stereocenters. The zero-order valence-electron chi connectivity index (χ0n) is 16.1. The highest BCUT2D eigenvalue weighted by molar-refractivity contribution is 6.30. The Morgan fingerprint density at radius 2 is 2.00 bits per heavy atom. The van der Waals surface area contributed by atoms with Crippen LogP contribution in [0.2, 0.25) is 5.02 Å². The molecule has 7 heteroatoms. The van der Waals surface area contributed by atoms with E-state index in [2.05, 4.69) is 15.3 Å². The molecule has 0 saturated carbocycles. The minimum Gasteiger partial charge on any atom is -0.450 e. The lowest BCUT2D eigenvalue weighted by Crippen LogP contribution is -2.14. The van der Waals surface area contributed by atoms with Gasteiger partial charge in [-0.05, 0) is 48.9 Å². The summed E-state index contributed by atoms with van der Waals surface area (Å²) in [6.07, 6.45) is 3.98. The van der Waals surface area contributed by atoms with Gasteiger partial charge in [0.05, 0.1) is 6.42 Å². The Balaban J connectivity index is 1.45. The van der Waals surface area contributed by atoms with Crippen LogP contribution >= 0.6 is 11.6 Å². The van der Waals surface area contributed by atoms with Crippen molar-refractivity contribution in [3.63, 3.8) is 0 Å². The molecule has 5 aromatic rings. The molecule has 0 atom stereocenters. The van der Waals surface area contributed by atoms with Crippen LogP contribution in [0.3, 0.4) is 0 Å². The van der Waals surface area contributed by atoms with Gasteiger partial charge in [-0.3, -0.25) is 4.79 Å². The van der Waals surface area contributed by atoms with Crippen molar-refractivity contribution >= 4 is 45.3 Å². The summed E-state index contributed by atoms with van der Waals surface area (Å²) in [7, 11) is 0. The van der Waals surface area contributed by atoms with Crippen molar-refractivity contribution < 1.29 is 9.21 Å². The first-order valence-corrected chi connectivity index (χ1v) is 9.83. The number of fused-ring (bicyclic) bond motifs is 3. The third-order valence-electron chi connectivity index (χ3n) is 4.79. The van der Waals surface area contributed by atoms with E-state index in [1.54, 1.807) is 24.3 Å². The lowest BCUT2D eigenvalue weighted by molar-refractivity contribution is -0.115. The van der Waals surface area contributed by atoms with Crippen molar-refractivity contribution in [1.82, 2.24) is 14.5 Å². The number of aromatic nitrogens is 3. The second-order valence-electron chi connectivity index (χ2n) is 7.03. The molecule has 5 rings (SSSR count). The van der Waals surface area contributed by atoms with Crippen molar-refractivity contribution in [2.75, 3.05) is 5.32 Å². The number of hydrogen-bond donors (Lipinski definition) is 1. The maximum absolute atomic E-state index is 12.4. The molecule has 30 heavy (non-hydrogen) atoms. The van der Waals surface area contributed by atoms with Gasteiger partial charge in [0.15, 0.2) is 11.4 Å². The molecule has 1 N–H and O–H groups in total. The quantitative estimate of drug-likeness (QED) is 0.431. The maximum atomic E-state index is 12.4. The van der Waals surface area contributed by atoms with Gasteiger partial charge in [0.1, 0.15) is 16.9 Å². The van der Waals surface area contributed by atoms with Crippen molar-refractivity contribution in [3.05, 3.63) is 83.4 Å². The molecule has 0 bridgehead atoms. The zero-order chi connectivity index (χ0) is 20.7. The SMILES string of the molecule is Cc1nc(-n2ccc(CC(=O)Nc3cccc(Cl)c3)c2)c2oc3ccccc3c2n1. The molecule has 0 radical (unpaired) electrons. The van der Waals surface area contributed by atoms with Crippen LogP contribution in [-0.2, 0) is 11.2 Å². The highest BCUT2D eigenvalue weighted by atomic mass is 35.5. The number of nitrogens with zero attached hydrogens (tertiary/aromatic N) is 3. The first-order chi connectivity index (χ1) is 14.6. The molecule has 0 aliphatic carbocycles. The van der Waals surface area contributed by atoms with E-state index in [4.69, 9.17) is 16.0 Å². The summed E-state index contributed by atoms with van der Waals surface area (Å²) in [5.41, 5.74) is 3.69. The van der Waals surface area contributed by atoms with E-state index in [9.17, 15) is 4.79 Å². The van der Waals surface area contributed by atoms with Gasteiger partial charge < -0.3 is 14.3 Å². The van der Waals surface area contributed by atoms with Crippen LogP contribution in [0.1, 0.15) is 11.4 Å². The average molecular weight is 417 g/mol. The smallest absolute Gasteiger partial charge is 0.228 e. The number of hydrogen-bond acceptors (Lipinski definition) is 4. The van der Waals surface area contributed by atoms with E-state index in [1.807, 2.05) is 54.2 Å². The van der Waals surface area contributed by atoms with Crippen LogP contribution in [0.25, 0.3) is 27.9 Å². The summed E-state index contributed by atoms with van der Waals surface area (Å²) >= 11 is 5.97. The fraction of sp³-hybridized carbons (Fsp3) is 0.0870. The average Bonchev–Trinajstić information content (AvgIpc) is 3.32. The van der Waals surface area contributed by atoms with E-state index in [0.29, 0.717) is 27.9 Å². The molecular formula is C23H17ClN4O2. The fourth-order valence-electron chi connectivity index (χ4n) is 3.49. The third-order valence-corrected chi connectivity index (χ3v) is 5.02. The highest BCUT2D eigenvalue weighted by Crippen LogP contribution is 2.30. The Morgan fingerprint density at radius 1 is 1.13 bits per heavy atom. The Bertz CT molecular complexity index is 1400. The summed E-state index contributed by atoms with van der Waals surface area (Å²) in [5.74, 6) is 1.18. The van der Waals surface area contributed by atoms with E-state index in [0.717, 1.165) is 22.0 Å². The summed E-state index contributed by atoms with van der Waals surface area (Å²) in [5, 5.41) is 4.39. The molecule has 0 fully saturated rings. The number of aryl methyl sites for hydroxylation is 1. The van der Waals surface area contributed by atoms with Crippen LogP contribution in [0, 0.1) is 6.92 Å². The fourth-order valence-corrected chi connectivity index (χ4v) is 3.68. The molecule has 0 saturated heterocycles. The highest BCUT2D eigenvalue weighted by Gasteiger charge is 2.16. The second kappa shape index (κ2) is 7.31. The van der Waals surface area contributed by atoms with Gasteiger partial charge in [-0.2, -0.15) is 0 Å². The van der Waals surface area contributed by atoms with Gasteiger partial charge in [0.25, 0.3) is 0 Å². The van der Waals surface area contributed by atoms with Crippen molar-refractivity contribution in [1.29, 1.82) is 0 Å². The van der Waals surface area contributed by atoms with E-state index in [1.165, 1.54) is 0 Å². The van der Waals surface area contributed by atoms with Crippen LogP contribution in [-0.4, -0.2) is 20.4 Å². The number of carbonyl (C=O) groups is 1. The normalized spacial score (nSPS) is 11.3. The van der Waals surface area contributed by atoms with Crippen molar-refractivity contribution in [3.8, 4) is 5.82 Å². The zero-order valence-corrected chi connectivity index (χ0v) is 16.8. The van der Waals surface area contributed by atoms with Crippen molar-refractivity contribution in [2.45, 2.75) is 13.3 Å². The number of furan rings is 1. The number of amides is 1. The van der Waals surface area contributed by atoms with Gasteiger partial charge in [-0.25, -0.2) is 9.97 Å². The summed E-state index contributed by atoms with van der Waals surface area (Å²) in [4.78, 5) is 21.6. The minimum absolute atomic E-state index is 0.122. The number of anilines is 1. The Morgan fingerprint density at radius 3 is 2.87 bits per heavy atom. The molecule has 0 spiro atoms. The first-order valence-electron chi connectivity index (χ1n) is 9.45. The van der Waals surface area contributed by atoms with E-state index < -0.39 is 0 Å². The monoisotopic (exact) mass is 416 g/mol. The summed E-state index contributed by atoms with van der Waals surface area (Å²) in [6.45, 7) is 1.85. The lowest BCUT2D eigenvalue weighted by atomic mass is 10.2.